The molecule has 0 saturated heterocycles. The lowest BCUT2D eigenvalue weighted by Gasteiger charge is -2.25. The van der Waals surface area contributed by atoms with E-state index >= 15 is 0 Å². The van der Waals surface area contributed by atoms with E-state index in [1.807, 2.05) is 101 Å². The molecule has 0 spiro atoms. The van der Waals surface area contributed by atoms with E-state index in [0.29, 0.717) is 40.1 Å². The molecule has 0 aliphatic rings. The van der Waals surface area contributed by atoms with Gasteiger partial charge in [0.1, 0.15) is 17.1 Å². The van der Waals surface area contributed by atoms with Crippen molar-refractivity contribution in [2.75, 3.05) is 0 Å². The van der Waals surface area contributed by atoms with Crippen molar-refractivity contribution in [1.29, 1.82) is 0 Å². The summed E-state index contributed by atoms with van der Waals surface area (Å²) in [6.07, 6.45) is 2.43. The van der Waals surface area contributed by atoms with Gasteiger partial charge in [-0.15, -0.1) is 0 Å². The lowest BCUT2D eigenvalue weighted by molar-refractivity contribution is 0.102. The van der Waals surface area contributed by atoms with E-state index in [2.05, 4.69) is 0 Å². The van der Waals surface area contributed by atoms with Gasteiger partial charge in [-0.2, -0.15) is 0 Å². The summed E-state index contributed by atoms with van der Waals surface area (Å²) < 4.78 is 36.6. The fraction of sp³-hybridized carbons (Fsp3) is 0.545. The van der Waals surface area contributed by atoms with Crippen LogP contribution in [0.15, 0.2) is 30.3 Å². The molecule has 0 bridgehead atoms. The van der Waals surface area contributed by atoms with Gasteiger partial charge in [-0.1, -0.05) is 0 Å². The first-order valence-electron chi connectivity index (χ1n) is 14.2. The topological polar surface area (TPSA) is 72.5 Å². The van der Waals surface area contributed by atoms with Crippen LogP contribution < -0.4 is 28.4 Å². The van der Waals surface area contributed by atoms with E-state index < -0.39 is 0 Å². The molecular formula is C33H48O7. The maximum atomic E-state index is 14.1. The van der Waals surface area contributed by atoms with Gasteiger partial charge < -0.3 is 28.4 Å². The van der Waals surface area contributed by atoms with Gasteiger partial charge in [-0.3, -0.25) is 4.79 Å². The van der Waals surface area contributed by atoms with Crippen molar-refractivity contribution in [2.45, 2.75) is 120 Å². The van der Waals surface area contributed by atoms with Gasteiger partial charge in [-0.25, -0.2) is 0 Å². The Kier molecular flexibility index (Phi) is 12.2. The summed E-state index contributed by atoms with van der Waals surface area (Å²) in [5.41, 5.74) is 0.958. The predicted molar refractivity (Wildman–Crippen MR) is 161 cm³/mol. The smallest absolute Gasteiger partial charge is 0.193 e. The minimum absolute atomic E-state index is 0.00452. The van der Waals surface area contributed by atoms with Crippen molar-refractivity contribution in [1.82, 2.24) is 0 Å². The lowest BCUT2D eigenvalue weighted by Crippen LogP contribution is -2.18. The first-order valence-corrected chi connectivity index (χ1v) is 14.2. The highest BCUT2D eigenvalue weighted by Gasteiger charge is 2.29. The van der Waals surface area contributed by atoms with Crippen molar-refractivity contribution < 1.29 is 33.2 Å². The van der Waals surface area contributed by atoms with Crippen molar-refractivity contribution in [3.8, 4) is 34.5 Å². The molecule has 0 fully saturated rings. The Bertz CT molecular complexity index is 1100. The molecule has 0 aliphatic carbocycles. The molecular weight excluding hydrogens is 508 g/mol. The van der Waals surface area contributed by atoms with Gasteiger partial charge >= 0.3 is 0 Å². The van der Waals surface area contributed by atoms with Crippen LogP contribution in [0.25, 0.3) is 6.08 Å². The van der Waals surface area contributed by atoms with Crippen molar-refractivity contribution >= 4 is 11.9 Å². The molecule has 40 heavy (non-hydrogen) atoms. The molecule has 0 aromatic heterocycles. The quantitative estimate of drug-likeness (QED) is 0.161. The van der Waals surface area contributed by atoms with E-state index in [0.717, 1.165) is 0 Å². The van der Waals surface area contributed by atoms with Crippen LogP contribution in [-0.4, -0.2) is 42.4 Å². The van der Waals surface area contributed by atoms with E-state index in [9.17, 15) is 4.79 Å². The number of hydrogen-bond acceptors (Lipinski definition) is 7. The molecule has 222 valence electrons. The average Bonchev–Trinajstić information content (AvgIpc) is 2.79. The number of ether oxygens (including phenoxy) is 6. The SMILES string of the molecule is CC(C)Oc1ccc(OC(C)C)c(/C=C/C(=O)c2c(OC(C)C)c(OC(C)C)cc(OC(C)C)c2OC(C)C)c1. The highest BCUT2D eigenvalue weighted by molar-refractivity contribution is 6.12. The molecule has 0 N–H and O–H groups in total. The summed E-state index contributed by atoms with van der Waals surface area (Å²) in [6.45, 7) is 23.1. The molecule has 0 radical (unpaired) electrons. The number of benzene rings is 2. The van der Waals surface area contributed by atoms with Crippen LogP contribution >= 0.6 is 0 Å². The Balaban J connectivity index is 2.78. The van der Waals surface area contributed by atoms with Gasteiger partial charge in [0.2, 0.25) is 0 Å². The lowest BCUT2D eigenvalue weighted by atomic mass is 10.0. The summed E-state index contributed by atoms with van der Waals surface area (Å²) in [6, 6.07) is 7.33. The van der Waals surface area contributed by atoms with E-state index in [-0.39, 0.29) is 48.0 Å². The zero-order valence-corrected chi connectivity index (χ0v) is 26.3. The third kappa shape index (κ3) is 10.00. The maximum Gasteiger partial charge on any atom is 0.193 e. The van der Waals surface area contributed by atoms with Crippen LogP contribution in [0.2, 0.25) is 0 Å². The van der Waals surface area contributed by atoms with Crippen LogP contribution in [0.1, 0.15) is 99.0 Å². The fourth-order valence-corrected chi connectivity index (χ4v) is 3.82. The van der Waals surface area contributed by atoms with Crippen molar-refractivity contribution in [2.24, 2.45) is 0 Å². The Morgan fingerprint density at radius 3 is 1.40 bits per heavy atom. The first kappa shape index (κ1) is 32.9. The molecule has 0 heterocycles. The van der Waals surface area contributed by atoms with Gasteiger partial charge in [0.05, 0.1) is 36.6 Å². The van der Waals surface area contributed by atoms with Gasteiger partial charge in [0, 0.05) is 11.6 Å². The number of allylic oxidation sites excluding steroid dienone is 1. The average molecular weight is 557 g/mol. The molecule has 7 heteroatoms. The molecule has 0 unspecified atom stereocenters. The number of carbonyl (C=O) groups excluding carboxylic acids is 1. The normalized spacial score (nSPS) is 11.8. The molecule has 2 rings (SSSR count). The van der Waals surface area contributed by atoms with Crippen LogP contribution in [0.5, 0.6) is 34.5 Å². The fourth-order valence-electron chi connectivity index (χ4n) is 3.82. The minimum Gasteiger partial charge on any atom is -0.491 e. The van der Waals surface area contributed by atoms with Gasteiger partial charge in [-0.05, 0) is 113 Å². The van der Waals surface area contributed by atoms with Crippen LogP contribution in [-0.2, 0) is 0 Å². The number of carbonyl (C=O) groups is 1. The summed E-state index contributed by atoms with van der Waals surface area (Å²) in [5.74, 6) is 2.49. The number of rotatable bonds is 15. The molecule has 2 aromatic carbocycles. The third-order valence-corrected chi connectivity index (χ3v) is 4.97. The van der Waals surface area contributed by atoms with Crippen LogP contribution in [0.3, 0.4) is 0 Å². The highest BCUT2D eigenvalue weighted by Crippen LogP contribution is 2.47. The maximum absolute atomic E-state index is 14.1. The van der Waals surface area contributed by atoms with Crippen molar-refractivity contribution in [3.63, 3.8) is 0 Å². The van der Waals surface area contributed by atoms with E-state index in [1.54, 1.807) is 12.1 Å². The predicted octanol–water partition coefficient (Wildman–Crippen LogP) is 8.31. The monoisotopic (exact) mass is 556 g/mol. The summed E-state index contributed by atoms with van der Waals surface area (Å²) >= 11 is 0. The standard InChI is InChI=1S/C33H48O7/c1-19(2)35-26-14-16-28(36-20(3)4)25(17-26)13-15-27(34)31-32(39-23(9)10)29(37-21(5)6)18-30(38-22(7)8)33(31)40-24(11)12/h13-24H,1-12H3/b15-13+. The Morgan fingerprint density at radius 2 is 0.975 bits per heavy atom. The number of hydrogen-bond donors (Lipinski definition) is 0. The second-order valence-corrected chi connectivity index (χ2v) is 11.3. The van der Waals surface area contributed by atoms with Crippen LogP contribution in [0.4, 0.5) is 0 Å². The second kappa shape index (κ2) is 14.9. The number of ketones is 1. The molecule has 0 aliphatic heterocycles. The Labute approximate surface area is 240 Å². The van der Waals surface area contributed by atoms with Crippen molar-refractivity contribution in [3.05, 3.63) is 41.5 Å². The Morgan fingerprint density at radius 1 is 0.550 bits per heavy atom. The van der Waals surface area contributed by atoms with E-state index in [1.165, 1.54) is 6.08 Å². The summed E-state index contributed by atoms with van der Waals surface area (Å²) in [7, 11) is 0. The summed E-state index contributed by atoms with van der Waals surface area (Å²) in [5, 5.41) is 0. The highest BCUT2D eigenvalue weighted by atomic mass is 16.5. The second-order valence-electron chi connectivity index (χ2n) is 11.3. The zero-order valence-electron chi connectivity index (χ0n) is 26.3. The first-order chi connectivity index (χ1) is 18.7. The molecule has 0 saturated carbocycles. The zero-order chi connectivity index (χ0) is 30.1. The molecule has 2 aromatic rings. The van der Waals surface area contributed by atoms with Crippen LogP contribution in [0, 0.1) is 0 Å². The minimum atomic E-state index is -0.320. The van der Waals surface area contributed by atoms with E-state index in [4.69, 9.17) is 28.4 Å². The molecule has 0 atom stereocenters. The third-order valence-electron chi connectivity index (χ3n) is 4.97. The molecule has 7 nitrogen and oxygen atoms in total. The van der Waals surface area contributed by atoms with Gasteiger partial charge in [0.25, 0.3) is 0 Å². The largest absolute Gasteiger partial charge is 0.491 e. The molecule has 0 amide bonds. The van der Waals surface area contributed by atoms with Gasteiger partial charge in [0.15, 0.2) is 28.8 Å². The Hall–Kier alpha value is -3.35. The summed E-state index contributed by atoms with van der Waals surface area (Å²) in [4.78, 5) is 14.1.